The normalized spacial score (nSPS) is 13.3. The molecule has 3 aromatic rings. The lowest BCUT2D eigenvalue weighted by Crippen LogP contribution is -2.47. The average molecular weight is 589 g/mol. The first-order valence-electron chi connectivity index (χ1n) is 14.5. The van der Waals surface area contributed by atoms with Gasteiger partial charge in [-0.3, -0.25) is 14.4 Å². The number of nitrogens with zero attached hydrogens (tertiary/aromatic N) is 3. The van der Waals surface area contributed by atoms with Crippen molar-refractivity contribution in [3.63, 3.8) is 0 Å². The third kappa shape index (κ3) is 8.26. The lowest BCUT2D eigenvalue weighted by atomic mass is 10.1. The molecule has 0 aromatic heterocycles. The molecule has 10 nitrogen and oxygen atoms in total. The van der Waals surface area contributed by atoms with Crippen molar-refractivity contribution in [3.8, 4) is 17.2 Å². The molecule has 3 amide bonds. The van der Waals surface area contributed by atoms with E-state index in [1.807, 2.05) is 29.2 Å². The minimum Gasteiger partial charge on any atom is -0.507 e. The molecule has 0 atom stereocenters. The van der Waals surface area contributed by atoms with Crippen LogP contribution in [0.3, 0.4) is 0 Å². The van der Waals surface area contributed by atoms with Gasteiger partial charge in [0.1, 0.15) is 17.2 Å². The number of rotatable bonds is 12. The SMILES string of the molecule is COc1cc(C(=O)N(C)c2ccccc2OCCCCCC(=O)N2CCN(C)CC2)ccc1NC(=O)c1ccccc1O. The van der Waals surface area contributed by atoms with Crippen LogP contribution >= 0.6 is 0 Å². The van der Waals surface area contributed by atoms with Crippen LogP contribution in [0.1, 0.15) is 46.4 Å². The van der Waals surface area contributed by atoms with Crippen molar-refractivity contribution in [1.82, 2.24) is 9.80 Å². The third-order valence-corrected chi connectivity index (χ3v) is 7.53. The number of anilines is 2. The maximum atomic E-state index is 13.4. The second-order valence-corrected chi connectivity index (χ2v) is 10.6. The van der Waals surface area contributed by atoms with Crippen LogP contribution in [0.15, 0.2) is 66.7 Å². The summed E-state index contributed by atoms with van der Waals surface area (Å²) >= 11 is 0. The number of likely N-dealkylation sites (N-methyl/N-ethyl adjacent to an activating group) is 1. The smallest absolute Gasteiger partial charge is 0.259 e. The summed E-state index contributed by atoms with van der Waals surface area (Å²) < 4.78 is 11.5. The Morgan fingerprint density at radius 1 is 0.907 bits per heavy atom. The van der Waals surface area contributed by atoms with Gasteiger partial charge in [0.2, 0.25) is 5.91 Å². The van der Waals surface area contributed by atoms with Crippen LogP contribution in [-0.2, 0) is 4.79 Å². The number of hydrogen-bond donors (Lipinski definition) is 2. The van der Waals surface area contributed by atoms with Crippen molar-refractivity contribution < 1.29 is 29.0 Å². The zero-order valence-corrected chi connectivity index (χ0v) is 25.0. The minimum atomic E-state index is -0.500. The van der Waals surface area contributed by atoms with Gasteiger partial charge in [-0.05, 0) is 68.8 Å². The van der Waals surface area contributed by atoms with E-state index in [1.165, 1.54) is 24.1 Å². The molecule has 43 heavy (non-hydrogen) atoms. The number of amides is 3. The number of carbonyl (C=O) groups excluding carboxylic acids is 3. The number of nitrogens with one attached hydrogen (secondary N) is 1. The highest BCUT2D eigenvalue weighted by molar-refractivity contribution is 6.09. The van der Waals surface area contributed by atoms with Crippen LogP contribution in [0.25, 0.3) is 0 Å². The molecule has 4 rings (SSSR count). The van der Waals surface area contributed by atoms with Gasteiger partial charge in [-0.15, -0.1) is 0 Å². The van der Waals surface area contributed by atoms with Crippen LogP contribution in [0.2, 0.25) is 0 Å². The molecule has 228 valence electrons. The fourth-order valence-electron chi connectivity index (χ4n) is 4.89. The molecule has 2 N–H and O–H groups in total. The minimum absolute atomic E-state index is 0.125. The predicted molar refractivity (Wildman–Crippen MR) is 166 cm³/mol. The predicted octanol–water partition coefficient (Wildman–Crippen LogP) is 4.64. The number of aromatic hydroxyl groups is 1. The topological polar surface area (TPSA) is 112 Å². The molecule has 0 bridgehead atoms. The highest BCUT2D eigenvalue weighted by atomic mass is 16.5. The number of para-hydroxylation sites is 3. The van der Waals surface area contributed by atoms with Gasteiger partial charge in [-0.25, -0.2) is 0 Å². The van der Waals surface area contributed by atoms with Gasteiger partial charge in [0.15, 0.2) is 0 Å². The van der Waals surface area contributed by atoms with Gasteiger partial charge < -0.3 is 34.6 Å². The molecule has 10 heteroatoms. The molecule has 3 aromatic carbocycles. The molecule has 0 radical (unpaired) electrons. The van der Waals surface area contributed by atoms with E-state index in [0.717, 1.165) is 45.4 Å². The van der Waals surface area contributed by atoms with Crippen LogP contribution < -0.4 is 19.7 Å². The lowest BCUT2D eigenvalue weighted by Gasteiger charge is -2.32. The number of ether oxygens (including phenoxy) is 2. The van der Waals surface area contributed by atoms with Crippen molar-refractivity contribution in [2.75, 3.05) is 64.2 Å². The summed E-state index contributed by atoms with van der Waals surface area (Å²) in [7, 11) is 5.20. The summed E-state index contributed by atoms with van der Waals surface area (Å²) in [5, 5.41) is 12.7. The van der Waals surface area contributed by atoms with E-state index in [4.69, 9.17) is 9.47 Å². The van der Waals surface area contributed by atoms with E-state index in [9.17, 15) is 19.5 Å². The Balaban J connectivity index is 1.31. The number of hydrogen-bond acceptors (Lipinski definition) is 7. The van der Waals surface area contributed by atoms with E-state index in [1.54, 1.807) is 37.4 Å². The van der Waals surface area contributed by atoms with Gasteiger partial charge in [-0.1, -0.05) is 24.3 Å². The highest BCUT2D eigenvalue weighted by Gasteiger charge is 2.21. The fraction of sp³-hybridized carbons (Fsp3) is 0.364. The van der Waals surface area contributed by atoms with E-state index >= 15 is 0 Å². The largest absolute Gasteiger partial charge is 0.507 e. The molecular formula is C33H40N4O6. The monoisotopic (exact) mass is 588 g/mol. The van der Waals surface area contributed by atoms with Crippen LogP contribution in [0.5, 0.6) is 17.2 Å². The van der Waals surface area contributed by atoms with Crippen LogP contribution in [0.4, 0.5) is 11.4 Å². The third-order valence-electron chi connectivity index (χ3n) is 7.53. The summed E-state index contributed by atoms with van der Waals surface area (Å²) in [5.41, 5.74) is 1.47. The number of carbonyl (C=O) groups is 3. The molecule has 0 spiro atoms. The molecule has 0 aliphatic carbocycles. The number of benzene rings is 3. The van der Waals surface area contributed by atoms with Crippen LogP contribution in [-0.4, -0.2) is 86.6 Å². The van der Waals surface area contributed by atoms with E-state index in [2.05, 4.69) is 17.3 Å². The number of piperazine rings is 1. The van der Waals surface area contributed by atoms with Crippen molar-refractivity contribution in [3.05, 3.63) is 77.9 Å². The molecule has 0 unspecified atom stereocenters. The number of methoxy groups -OCH3 is 1. The molecule has 0 saturated carbocycles. The average Bonchev–Trinajstić information content (AvgIpc) is 3.02. The first kappa shape index (κ1) is 31.4. The van der Waals surface area contributed by atoms with Gasteiger partial charge in [0.25, 0.3) is 11.8 Å². The summed E-state index contributed by atoms with van der Waals surface area (Å²) in [6.07, 6.45) is 3.05. The summed E-state index contributed by atoms with van der Waals surface area (Å²) in [4.78, 5) is 44.3. The van der Waals surface area contributed by atoms with Crippen molar-refractivity contribution >= 4 is 29.1 Å². The zero-order chi connectivity index (χ0) is 30.8. The standard InChI is InChI=1S/C33H40N4O6/c1-35-18-20-37(21-19-35)31(39)15-5-4-10-22-43-29-14-9-7-12-27(29)36(2)33(41)24-16-17-26(30(23-24)42-3)34-32(40)25-11-6-8-13-28(25)38/h6-9,11-14,16-17,23,38H,4-5,10,15,18-22H2,1-3H3,(H,34,40). The summed E-state index contributed by atoms with van der Waals surface area (Å²) in [5.74, 6) is 0.200. The van der Waals surface area contributed by atoms with E-state index in [-0.39, 0.29) is 23.1 Å². The Morgan fingerprint density at radius 2 is 1.63 bits per heavy atom. The molecule has 1 aliphatic heterocycles. The van der Waals surface area contributed by atoms with E-state index in [0.29, 0.717) is 41.5 Å². The van der Waals surface area contributed by atoms with Crippen molar-refractivity contribution in [2.45, 2.75) is 25.7 Å². The quantitative estimate of drug-likeness (QED) is 0.297. The Hall–Kier alpha value is -4.57. The van der Waals surface area contributed by atoms with Gasteiger partial charge in [0.05, 0.1) is 30.7 Å². The van der Waals surface area contributed by atoms with E-state index < -0.39 is 5.91 Å². The molecular weight excluding hydrogens is 548 g/mol. The van der Waals surface area contributed by atoms with Crippen molar-refractivity contribution in [1.29, 1.82) is 0 Å². The zero-order valence-electron chi connectivity index (χ0n) is 25.0. The number of phenols is 1. The molecule has 1 saturated heterocycles. The van der Waals surface area contributed by atoms with Crippen LogP contribution in [0, 0.1) is 0 Å². The number of unbranched alkanes of at least 4 members (excludes halogenated alkanes) is 2. The first-order valence-corrected chi connectivity index (χ1v) is 14.5. The molecule has 1 heterocycles. The van der Waals surface area contributed by atoms with Gasteiger partial charge in [-0.2, -0.15) is 0 Å². The van der Waals surface area contributed by atoms with Gasteiger partial charge in [0, 0.05) is 45.2 Å². The maximum absolute atomic E-state index is 13.4. The second kappa shape index (κ2) is 15.1. The second-order valence-electron chi connectivity index (χ2n) is 10.6. The first-order chi connectivity index (χ1) is 20.8. The fourth-order valence-corrected chi connectivity index (χ4v) is 4.89. The number of phenolic OH excluding ortho intramolecular Hbond substituents is 1. The summed E-state index contributed by atoms with van der Waals surface area (Å²) in [6, 6.07) is 18.3. The Bertz CT molecular complexity index is 1420. The maximum Gasteiger partial charge on any atom is 0.259 e. The Morgan fingerprint density at radius 3 is 2.37 bits per heavy atom. The van der Waals surface area contributed by atoms with Gasteiger partial charge >= 0.3 is 0 Å². The lowest BCUT2D eigenvalue weighted by molar-refractivity contribution is -0.132. The molecule has 1 fully saturated rings. The summed E-state index contributed by atoms with van der Waals surface area (Å²) in [6.45, 7) is 3.92. The Kier molecular flexibility index (Phi) is 11.0. The molecule has 1 aliphatic rings. The Labute approximate surface area is 252 Å². The highest BCUT2D eigenvalue weighted by Crippen LogP contribution is 2.31. The van der Waals surface area contributed by atoms with Crippen molar-refractivity contribution in [2.24, 2.45) is 0 Å².